The van der Waals surface area contributed by atoms with Crippen molar-refractivity contribution in [2.24, 2.45) is 0 Å². The Kier molecular flexibility index (Phi) is 3.78. The quantitative estimate of drug-likeness (QED) is 0.694. The molecule has 0 bridgehead atoms. The van der Waals surface area contributed by atoms with Gasteiger partial charge in [0.25, 0.3) is 0 Å². The number of aromatic nitrogens is 2. The number of carboxylic acids is 1. The number of ether oxygens (including phenoxy) is 1. The lowest BCUT2D eigenvalue weighted by Gasteiger charge is -2.04. The van der Waals surface area contributed by atoms with E-state index in [1.54, 1.807) is 0 Å². The largest absolute Gasteiger partial charge is 0.476 e. The number of carbonyl (C=O) groups is 1. The van der Waals surface area contributed by atoms with Crippen LogP contribution in [0.15, 0.2) is 6.20 Å². The van der Waals surface area contributed by atoms with E-state index in [4.69, 9.17) is 15.6 Å². The van der Waals surface area contributed by atoms with Crippen molar-refractivity contribution in [2.45, 2.75) is 6.42 Å². The molecule has 1 aromatic rings. The Labute approximate surface area is 84.9 Å². The van der Waals surface area contributed by atoms with Gasteiger partial charge in [-0.25, -0.2) is 9.78 Å². The van der Waals surface area contributed by atoms with Gasteiger partial charge in [0, 0.05) is 6.42 Å². The molecule has 0 aliphatic rings. The minimum atomic E-state index is -1.25. The molecule has 0 amide bonds. The highest BCUT2D eigenvalue weighted by molar-refractivity contribution is 5.90. The number of aromatic carboxylic acids is 1. The van der Waals surface area contributed by atoms with Crippen LogP contribution in [0.4, 0.5) is 10.2 Å². The molecule has 6 nitrogen and oxygen atoms in total. The van der Waals surface area contributed by atoms with Crippen LogP contribution in [-0.4, -0.2) is 34.3 Å². The lowest BCUT2D eigenvalue weighted by atomic mass is 10.4. The highest BCUT2D eigenvalue weighted by atomic mass is 19.1. The van der Waals surface area contributed by atoms with Gasteiger partial charge in [-0.15, -0.1) is 0 Å². The zero-order valence-electron chi connectivity index (χ0n) is 7.81. The van der Waals surface area contributed by atoms with Gasteiger partial charge in [-0.2, -0.15) is 4.98 Å². The highest BCUT2D eigenvalue weighted by Crippen LogP contribution is 2.11. The summed E-state index contributed by atoms with van der Waals surface area (Å²) >= 11 is 0. The standard InChI is InChI=1S/C8H10FN3O3/c9-2-1-3-15-5-4-11-6(8(13)14)7(10)12-5/h4H,1-3H2,(H2,10,12)(H,13,14). The molecule has 3 N–H and O–H groups in total. The first-order valence-corrected chi connectivity index (χ1v) is 4.19. The number of nitrogens with zero attached hydrogens (tertiary/aromatic N) is 2. The molecule has 0 aliphatic heterocycles. The number of rotatable bonds is 5. The lowest BCUT2D eigenvalue weighted by Crippen LogP contribution is -2.09. The molecule has 0 aromatic carbocycles. The topological polar surface area (TPSA) is 98.3 Å². The van der Waals surface area contributed by atoms with Crippen LogP contribution in [0.3, 0.4) is 0 Å². The Morgan fingerprint density at radius 1 is 1.67 bits per heavy atom. The Morgan fingerprint density at radius 3 is 2.93 bits per heavy atom. The summed E-state index contributed by atoms with van der Waals surface area (Å²) in [5, 5.41) is 8.60. The van der Waals surface area contributed by atoms with Crippen molar-refractivity contribution in [3.8, 4) is 5.88 Å². The van der Waals surface area contributed by atoms with E-state index in [0.717, 1.165) is 6.20 Å². The van der Waals surface area contributed by atoms with Gasteiger partial charge >= 0.3 is 5.97 Å². The van der Waals surface area contributed by atoms with E-state index in [0.29, 0.717) is 0 Å². The predicted molar refractivity (Wildman–Crippen MR) is 49.5 cm³/mol. The van der Waals surface area contributed by atoms with Crippen molar-refractivity contribution in [1.82, 2.24) is 9.97 Å². The van der Waals surface area contributed by atoms with E-state index in [2.05, 4.69) is 9.97 Å². The second kappa shape index (κ2) is 5.08. The number of hydrogen-bond donors (Lipinski definition) is 2. The van der Waals surface area contributed by atoms with Crippen LogP contribution in [0.2, 0.25) is 0 Å². The van der Waals surface area contributed by atoms with Gasteiger partial charge in [-0.3, -0.25) is 4.39 Å². The third-order valence-electron chi connectivity index (χ3n) is 1.51. The molecule has 82 valence electrons. The summed E-state index contributed by atoms with van der Waals surface area (Å²) in [6.07, 6.45) is 1.38. The van der Waals surface area contributed by atoms with Gasteiger partial charge in [0.2, 0.25) is 5.88 Å². The van der Waals surface area contributed by atoms with Gasteiger partial charge in [0.05, 0.1) is 19.5 Å². The summed E-state index contributed by atoms with van der Waals surface area (Å²) in [7, 11) is 0. The smallest absolute Gasteiger partial charge is 0.358 e. The molecule has 0 aliphatic carbocycles. The molecule has 0 radical (unpaired) electrons. The first-order valence-electron chi connectivity index (χ1n) is 4.19. The van der Waals surface area contributed by atoms with Gasteiger partial charge in [-0.1, -0.05) is 0 Å². The first-order chi connectivity index (χ1) is 7.15. The van der Waals surface area contributed by atoms with Crippen LogP contribution < -0.4 is 10.5 Å². The summed E-state index contributed by atoms with van der Waals surface area (Å²) in [5.74, 6) is -1.39. The van der Waals surface area contributed by atoms with Gasteiger partial charge < -0.3 is 15.6 Å². The van der Waals surface area contributed by atoms with Crippen LogP contribution in [0, 0.1) is 0 Å². The monoisotopic (exact) mass is 215 g/mol. The number of halogens is 1. The number of nitrogens with two attached hydrogens (primary N) is 1. The molecule has 0 atom stereocenters. The third kappa shape index (κ3) is 3.04. The summed E-state index contributed by atoms with van der Waals surface area (Å²) in [4.78, 5) is 17.7. The predicted octanol–water partition coefficient (Wildman–Crippen LogP) is 0.495. The van der Waals surface area contributed by atoms with Crippen molar-refractivity contribution in [2.75, 3.05) is 19.0 Å². The molecular formula is C8H10FN3O3. The molecule has 1 heterocycles. The van der Waals surface area contributed by atoms with Gasteiger partial charge in [0.15, 0.2) is 11.5 Å². The minimum absolute atomic E-state index is 0.0888. The molecule has 0 spiro atoms. The average molecular weight is 215 g/mol. The lowest BCUT2D eigenvalue weighted by molar-refractivity contribution is 0.0691. The van der Waals surface area contributed by atoms with E-state index in [1.807, 2.05) is 0 Å². The molecule has 0 unspecified atom stereocenters. The van der Waals surface area contributed by atoms with Crippen LogP contribution >= 0.6 is 0 Å². The fourth-order valence-electron chi connectivity index (χ4n) is 0.852. The Morgan fingerprint density at radius 2 is 2.40 bits per heavy atom. The maximum Gasteiger partial charge on any atom is 0.358 e. The number of carboxylic acid groups (broad SMARTS) is 1. The van der Waals surface area contributed by atoms with E-state index in [1.165, 1.54) is 0 Å². The molecule has 1 aromatic heterocycles. The minimum Gasteiger partial charge on any atom is -0.476 e. The number of nitrogen functional groups attached to an aromatic ring is 1. The van der Waals surface area contributed by atoms with Gasteiger partial charge in [0.1, 0.15) is 0 Å². The normalized spacial score (nSPS) is 9.93. The van der Waals surface area contributed by atoms with Crippen molar-refractivity contribution in [3.63, 3.8) is 0 Å². The van der Waals surface area contributed by atoms with E-state index in [9.17, 15) is 9.18 Å². The molecule has 7 heteroatoms. The molecule has 0 saturated heterocycles. The highest BCUT2D eigenvalue weighted by Gasteiger charge is 2.11. The van der Waals surface area contributed by atoms with Crippen LogP contribution in [0.25, 0.3) is 0 Å². The maximum absolute atomic E-state index is 11.7. The summed E-state index contributed by atoms with van der Waals surface area (Å²) in [5.41, 5.74) is 4.99. The van der Waals surface area contributed by atoms with Crippen molar-refractivity contribution in [3.05, 3.63) is 11.9 Å². The summed E-state index contributed by atoms with van der Waals surface area (Å²) in [6, 6.07) is 0. The number of anilines is 1. The van der Waals surface area contributed by atoms with E-state index >= 15 is 0 Å². The average Bonchev–Trinajstić information content (AvgIpc) is 2.17. The van der Waals surface area contributed by atoms with E-state index < -0.39 is 12.6 Å². The summed E-state index contributed by atoms with van der Waals surface area (Å²) in [6.45, 7) is -0.340. The van der Waals surface area contributed by atoms with Crippen molar-refractivity contribution >= 4 is 11.8 Å². The number of hydrogen-bond acceptors (Lipinski definition) is 5. The Bertz CT molecular complexity index is 359. The molecule has 15 heavy (non-hydrogen) atoms. The van der Waals surface area contributed by atoms with Crippen molar-refractivity contribution < 1.29 is 19.0 Å². The molecule has 1 rings (SSSR count). The molecule has 0 fully saturated rings. The SMILES string of the molecule is Nc1nc(OCCCF)cnc1C(=O)O. The van der Waals surface area contributed by atoms with E-state index in [-0.39, 0.29) is 30.4 Å². The molecular weight excluding hydrogens is 205 g/mol. The zero-order valence-corrected chi connectivity index (χ0v) is 7.81. The fraction of sp³-hybridized carbons (Fsp3) is 0.375. The Hall–Kier alpha value is -1.92. The third-order valence-corrected chi connectivity index (χ3v) is 1.51. The van der Waals surface area contributed by atoms with Crippen LogP contribution in [0.5, 0.6) is 5.88 Å². The van der Waals surface area contributed by atoms with Crippen LogP contribution in [-0.2, 0) is 0 Å². The zero-order chi connectivity index (χ0) is 11.3. The van der Waals surface area contributed by atoms with Crippen LogP contribution in [0.1, 0.15) is 16.9 Å². The second-order valence-electron chi connectivity index (χ2n) is 2.64. The van der Waals surface area contributed by atoms with Crippen molar-refractivity contribution in [1.29, 1.82) is 0 Å². The second-order valence-corrected chi connectivity index (χ2v) is 2.64. The van der Waals surface area contributed by atoms with Gasteiger partial charge in [-0.05, 0) is 0 Å². The first kappa shape index (κ1) is 11.2. The summed E-state index contributed by atoms with van der Waals surface area (Å²) < 4.78 is 16.7. The maximum atomic E-state index is 11.7. The molecule has 0 saturated carbocycles. The fourth-order valence-corrected chi connectivity index (χ4v) is 0.852. The Balaban J connectivity index is 2.69. The number of alkyl halides is 1.